The maximum atomic E-state index is 13.3. The van der Waals surface area contributed by atoms with Crippen molar-refractivity contribution in [2.75, 3.05) is 0 Å². The van der Waals surface area contributed by atoms with Crippen LogP contribution >= 0.6 is 0 Å². The number of benzene rings is 4. The molecular formula is C23H16O5S. The summed E-state index contributed by atoms with van der Waals surface area (Å²) in [6.45, 7) is 0. The maximum Gasteiger partial charge on any atom is 0.347 e. The van der Waals surface area contributed by atoms with Gasteiger partial charge in [-0.15, -0.1) is 0 Å². The van der Waals surface area contributed by atoms with Crippen LogP contribution in [0.25, 0.3) is 10.8 Å². The molecule has 0 bridgehead atoms. The Morgan fingerprint density at radius 3 is 1.97 bits per heavy atom. The number of carbonyl (C=O) groups is 1. The lowest BCUT2D eigenvalue weighted by molar-refractivity contribution is 0.0731. The molecule has 29 heavy (non-hydrogen) atoms. The fourth-order valence-electron chi connectivity index (χ4n) is 3.08. The van der Waals surface area contributed by atoms with Crippen LogP contribution < -0.4 is 4.74 Å². The average molecular weight is 404 g/mol. The topological polar surface area (TPSA) is 80.7 Å². The fourth-order valence-corrected chi connectivity index (χ4v) is 4.59. The lowest BCUT2D eigenvalue weighted by atomic mass is 10.1. The number of aromatic hydroxyl groups is 1. The number of ether oxygens (including phenoxy) is 1. The number of sulfone groups is 1. The molecule has 0 unspecified atom stereocenters. The summed E-state index contributed by atoms with van der Waals surface area (Å²) >= 11 is 0. The van der Waals surface area contributed by atoms with E-state index in [0.29, 0.717) is 5.39 Å². The van der Waals surface area contributed by atoms with Gasteiger partial charge in [0, 0.05) is 10.8 Å². The normalized spacial score (nSPS) is 11.3. The minimum absolute atomic E-state index is 0.0721. The lowest BCUT2D eigenvalue weighted by Gasteiger charge is -2.13. The van der Waals surface area contributed by atoms with E-state index in [9.17, 15) is 18.3 Å². The Hall–Kier alpha value is -3.64. The highest BCUT2D eigenvalue weighted by Crippen LogP contribution is 2.36. The van der Waals surface area contributed by atoms with E-state index in [0.717, 1.165) is 0 Å². The Bertz CT molecular complexity index is 1300. The molecule has 0 fully saturated rings. The fraction of sp³-hybridized carbons (Fsp3) is 0. The molecule has 1 N–H and O–H groups in total. The first-order valence-electron chi connectivity index (χ1n) is 8.80. The molecular weight excluding hydrogens is 388 g/mol. The Morgan fingerprint density at radius 2 is 1.31 bits per heavy atom. The quantitative estimate of drug-likeness (QED) is 0.397. The zero-order chi connectivity index (χ0) is 20.4. The number of phenolic OH excluding ortho intramolecular Hbond substituents is 1. The molecule has 0 aliphatic rings. The minimum Gasteiger partial charge on any atom is -0.506 e. The summed E-state index contributed by atoms with van der Waals surface area (Å²) in [4.78, 5) is 12.7. The number of carbonyl (C=O) groups excluding carboxylic acids is 1. The maximum absolute atomic E-state index is 13.3. The number of rotatable bonds is 4. The number of hydrogen-bond acceptors (Lipinski definition) is 5. The van der Waals surface area contributed by atoms with Crippen LogP contribution in [0.1, 0.15) is 10.4 Å². The Balaban J connectivity index is 1.92. The molecule has 0 radical (unpaired) electrons. The van der Waals surface area contributed by atoms with Crippen molar-refractivity contribution in [1.29, 1.82) is 0 Å². The zero-order valence-corrected chi connectivity index (χ0v) is 16.0. The molecule has 0 heterocycles. The van der Waals surface area contributed by atoms with Gasteiger partial charge >= 0.3 is 5.97 Å². The molecule has 0 amide bonds. The van der Waals surface area contributed by atoms with E-state index in [2.05, 4.69) is 0 Å². The molecule has 0 spiro atoms. The van der Waals surface area contributed by atoms with E-state index in [-0.39, 0.29) is 32.2 Å². The SMILES string of the molecule is O=C(Oc1ccccc1)c1cc(S(=O)(=O)c2ccccc2)c2ccccc2c1O. The van der Waals surface area contributed by atoms with E-state index in [4.69, 9.17) is 4.74 Å². The monoisotopic (exact) mass is 404 g/mol. The molecule has 0 aromatic heterocycles. The van der Waals surface area contributed by atoms with Crippen LogP contribution in [0.5, 0.6) is 11.5 Å². The number of fused-ring (bicyclic) bond motifs is 1. The van der Waals surface area contributed by atoms with Crippen molar-refractivity contribution < 1.29 is 23.1 Å². The van der Waals surface area contributed by atoms with Gasteiger partial charge < -0.3 is 9.84 Å². The van der Waals surface area contributed by atoms with Gasteiger partial charge in [-0.3, -0.25) is 0 Å². The highest BCUT2D eigenvalue weighted by molar-refractivity contribution is 7.91. The third kappa shape index (κ3) is 3.46. The van der Waals surface area contributed by atoms with E-state index >= 15 is 0 Å². The summed E-state index contributed by atoms with van der Waals surface area (Å²) in [5, 5.41) is 11.2. The first kappa shape index (κ1) is 18.7. The zero-order valence-electron chi connectivity index (χ0n) is 15.1. The van der Waals surface area contributed by atoms with Crippen molar-refractivity contribution in [2.24, 2.45) is 0 Å². The molecule has 0 atom stereocenters. The summed E-state index contributed by atoms with van der Waals surface area (Å²) in [6.07, 6.45) is 0. The second-order valence-corrected chi connectivity index (χ2v) is 8.25. The molecule has 0 saturated heterocycles. The van der Waals surface area contributed by atoms with E-state index in [1.54, 1.807) is 72.8 Å². The highest BCUT2D eigenvalue weighted by atomic mass is 32.2. The third-order valence-electron chi connectivity index (χ3n) is 4.49. The molecule has 4 aromatic rings. The summed E-state index contributed by atoms with van der Waals surface area (Å²) in [6, 6.07) is 24.0. The Morgan fingerprint density at radius 1 is 0.759 bits per heavy atom. The molecule has 144 valence electrons. The largest absolute Gasteiger partial charge is 0.506 e. The average Bonchev–Trinajstić information content (AvgIpc) is 2.75. The van der Waals surface area contributed by atoms with Crippen molar-refractivity contribution in [3.05, 3.63) is 96.6 Å². The van der Waals surface area contributed by atoms with Crippen LogP contribution in [0.4, 0.5) is 0 Å². The van der Waals surface area contributed by atoms with Gasteiger partial charge in [-0.05, 0) is 30.3 Å². The molecule has 6 heteroatoms. The summed E-state index contributed by atoms with van der Waals surface area (Å²) < 4.78 is 31.8. The van der Waals surface area contributed by atoms with E-state index < -0.39 is 15.8 Å². The highest BCUT2D eigenvalue weighted by Gasteiger charge is 2.26. The number of phenols is 1. The van der Waals surface area contributed by atoms with Crippen molar-refractivity contribution in [1.82, 2.24) is 0 Å². The lowest BCUT2D eigenvalue weighted by Crippen LogP contribution is -2.11. The second-order valence-electron chi connectivity index (χ2n) is 6.34. The number of esters is 1. The van der Waals surface area contributed by atoms with Gasteiger partial charge in [0.2, 0.25) is 9.84 Å². The van der Waals surface area contributed by atoms with Crippen molar-refractivity contribution in [3.63, 3.8) is 0 Å². The Kier molecular flexibility index (Phi) is 4.78. The summed E-state index contributed by atoms with van der Waals surface area (Å²) in [5.74, 6) is -0.880. The first-order valence-corrected chi connectivity index (χ1v) is 10.3. The summed E-state index contributed by atoms with van der Waals surface area (Å²) in [7, 11) is -3.93. The van der Waals surface area contributed by atoms with E-state index in [1.807, 2.05) is 0 Å². The molecule has 4 aromatic carbocycles. The second kappa shape index (κ2) is 7.41. The number of para-hydroxylation sites is 1. The third-order valence-corrected chi connectivity index (χ3v) is 6.30. The van der Waals surface area contributed by atoms with E-state index in [1.165, 1.54) is 18.2 Å². The van der Waals surface area contributed by atoms with Gasteiger partial charge in [0.05, 0.1) is 9.79 Å². The standard InChI is InChI=1S/C23H16O5S/c24-22-19-14-8-7-13-18(19)21(29(26,27)17-11-5-2-6-12-17)15-20(22)23(25)28-16-9-3-1-4-10-16/h1-15,24H. The number of hydrogen-bond donors (Lipinski definition) is 1. The van der Waals surface area contributed by atoms with Gasteiger partial charge in [-0.2, -0.15) is 0 Å². The van der Waals surface area contributed by atoms with Crippen LogP contribution in [0.2, 0.25) is 0 Å². The van der Waals surface area contributed by atoms with Gasteiger partial charge in [0.1, 0.15) is 17.1 Å². The minimum atomic E-state index is -3.93. The van der Waals surface area contributed by atoms with Gasteiger partial charge in [0.15, 0.2) is 0 Å². The van der Waals surface area contributed by atoms with Crippen molar-refractivity contribution in [3.8, 4) is 11.5 Å². The van der Waals surface area contributed by atoms with Gasteiger partial charge in [0.25, 0.3) is 0 Å². The summed E-state index contributed by atoms with van der Waals surface area (Å²) in [5.41, 5.74) is -0.220. The van der Waals surface area contributed by atoms with Crippen LogP contribution in [0.15, 0.2) is 101 Å². The van der Waals surface area contributed by atoms with Crippen molar-refractivity contribution >= 4 is 26.6 Å². The molecule has 5 nitrogen and oxygen atoms in total. The molecule has 0 saturated carbocycles. The van der Waals surface area contributed by atoms with Gasteiger partial charge in [-0.1, -0.05) is 60.7 Å². The van der Waals surface area contributed by atoms with Crippen LogP contribution in [0.3, 0.4) is 0 Å². The predicted octanol–water partition coefficient (Wildman–Crippen LogP) is 4.60. The smallest absolute Gasteiger partial charge is 0.347 e. The van der Waals surface area contributed by atoms with Crippen LogP contribution in [-0.2, 0) is 9.84 Å². The predicted molar refractivity (Wildman–Crippen MR) is 109 cm³/mol. The van der Waals surface area contributed by atoms with Crippen LogP contribution in [0, 0.1) is 0 Å². The molecule has 0 aliphatic heterocycles. The van der Waals surface area contributed by atoms with Crippen molar-refractivity contribution in [2.45, 2.75) is 9.79 Å². The first-order chi connectivity index (χ1) is 14.0. The van der Waals surface area contributed by atoms with Crippen LogP contribution in [-0.4, -0.2) is 19.5 Å². The Labute approximate surface area is 167 Å². The molecule has 4 rings (SSSR count). The molecule has 0 aliphatic carbocycles. The van der Waals surface area contributed by atoms with Gasteiger partial charge in [-0.25, -0.2) is 13.2 Å².